The predicted molar refractivity (Wildman–Crippen MR) is 95.4 cm³/mol. The smallest absolute Gasteiger partial charge is 0.142 e. The Labute approximate surface area is 138 Å². The van der Waals surface area contributed by atoms with Crippen LogP contribution in [0.5, 0.6) is 0 Å². The van der Waals surface area contributed by atoms with Crippen molar-refractivity contribution in [3.8, 4) is 0 Å². The summed E-state index contributed by atoms with van der Waals surface area (Å²) in [7, 11) is 0. The van der Waals surface area contributed by atoms with E-state index < -0.39 is 0 Å². The highest BCUT2D eigenvalue weighted by Crippen LogP contribution is 2.64. The largest absolute Gasteiger partial charge is 0.391 e. The minimum atomic E-state index is 0.219. The normalized spacial score (nSPS) is 30.2. The number of rotatable bonds is 3. The third kappa shape index (κ3) is 2.11. The summed E-state index contributed by atoms with van der Waals surface area (Å²) in [5, 5.41) is 7.11. The average molecular weight is 307 g/mol. The molecule has 0 saturated heterocycles. The van der Waals surface area contributed by atoms with Crippen molar-refractivity contribution < 1.29 is 4.84 Å². The van der Waals surface area contributed by atoms with Gasteiger partial charge in [-0.2, -0.15) is 0 Å². The van der Waals surface area contributed by atoms with Gasteiger partial charge in [-0.25, -0.2) is 0 Å². The molecule has 0 heterocycles. The van der Waals surface area contributed by atoms with Crippen LogP contribution in [0.2, 0.25) is 0 Å². The summed E-state index contributed by atoms with van der Waals surface area (Å²) in [5.74, 6) is 0.771. The van der Waals surface area contributed by atoms with Crippen LogP contribution in [0.4, 0.5) is 0 Å². The van der Waals surface area contributed by atoms with Crippen LogP contribution in [-0.4, -0.2) is 5.71 Å². The summed E-state index contributed by atoms with van der Waals surface area (Å²) in [4.78, 5) is 5.81. The van der Waals surface area contributed by atoms with Crippen molar-refractivity contribution in [2.45, 2.75) is 46.6 Å². The first-order valence-corrected chi connectivity index (χ1v) is 8.68. The molecule has 2 aromatic rings. The number of hydrogen-bond acceptors (Lipinski definition) is 2. The van der Waals surface area contributed by atoms with E-state index in [0.29, 0.717) is 12.0 Å². The van der Waals surface area contributed by atoms with Crippen molar-refractivity contribution in [3.05, 3.63) is 48.0 Å². The molecular weight excluding hydrogens is 282 g/mol. The minimum absolute atomic E-state index is 0.219. The van der Waals surface area contributed by atoms with Gasteiger partial charge in [0.1, 0.15) is 6.61 Å². The second-order valence-corrected chi connectivity index (χ2v) is 7.94. The van der Waals surface area contributed by atoms with Crippen LogP contribution in [0.1, 0.15) is 45.6 Å². The van der Waals surface area contributed by atoms with Gasteiger partial charge in [0, 0.05) is 5.41 Å². The first kappa shape index (κ1) is 14.7. The predicted octanol–water partition coefficient (Wildman–Crippen LogP) is 5.56. The summed E-state index contributed by atoms with van der Waals surface area (Å²) in [5.41, 5.74) is 3.06. The summed E-state index contributed by atoms with van der Waals surface area (Å²) >= 11 is 0. The van der Waals surface area contributed by atoms with Gasteiger partial charge in [-0.1, -0.05) is 68.4 Å². The zero-order valence-electron chi connectivity index (χ0n) is 14.3. The maximum Gasteiger partial charge on any atom is 0.142 e. The van der Waals surface area contributed by atoms with Crippen LogP contribution in [-0.2, 0) is 11.4 Å². The Kier molecular flexibility index (Phi) is 3.26. The summed E-state index contributed by atoms with van der Waals surface area (Å²) in [6.45, 7) is 7.72. The fraction of sp³-hybridized carbons (Fsp3) is 0.476. The lowest BCUT2D eigenvalue weighted by Crippen LogP contribution is -2.32. The maximum atomic E-state index is 5.81. The molecule has 2 aliphatic carbocycles. The summed E-state index contributed by atoms with van der Waals surface area (Å²) < 4.78 is 0. The van der Waals surface area contributed by atoms with Crippen LogP contribution in [0.3, 0.4) is 0 Å². The van der Waals surface area contributed by atoms with Gasteiger partial charge in [0.2, 0.25) is 0 Å². The molecule has 2 bridgehead atoms. The summed E-state index contributed by atoms with van der Waals surface area (Å²) in [6, 6.07) is 14.8. The van der Waals surface area contributed by atoms with E-state index in [0.717, 1.165) is 12.3 Å². The standard InChI is InChI=1S/C21H25NO/c1-20(2)17-11-12-21(20,3)19(13-17)22-23-14-16-9-6-8-15-7-4-5-10-18(15)16/h4-10,17H,11-14H2,1-3H3/b22-19+. The topological polar surface area (TPSA) is 21.6 Å². The highest BCUT2D eigenvalue weighted by Gasteiger charge is 2.60. The Hall–Kier alpha value is -1.83. The van der Waals surface area contributed by atoms with Gasteiger partial charge in [0.15, 0.2) is 0 Å². The lowest BCUT2D eigenvalue weighted by Gasteiger charge is -2.34. The first-order valence-electron chi connectivity index (χ1n) is 8.68. The molecule has 2 aliphatic rings. The van der Waals surface area contributed by atoms with Gasteiger partial charge in [0.05, 0.1) is 5.71 Å². The molecule has 4 rings (SSSR count). The monoisotopic (exact) mass is 307 g/mol. The van der Waals surface area contributed by atoms with Crippen molar-refractivity contribution in [3.63, 3.8) is 0 Å². The van der Waals surface area contributed by atoms with Gasteiger partial charge in [0.25, 0.3) is 0 Å². The molecule has 120 valence electrons. The molecule has 23 heavy (non-hydrogen) atoms. The van der Waals surface area contributed by atoms with Crippen molar-refractivity contribution >= 4 is 16.5 Å². The van der Waals surface area contributed by atoms with Crippen LogP contribution in [0.25, 0.3) is 10.8 Å². The molecule has 0 spiro atoms. The fourth-order valence-electron chi connectivity index (χ4n) is 4.66. The van der Waals surface area contributed by atoms with E-state index in [9.17, 15) is 0 Å². The highest BCUT2D eigenvalue weighted by atomic mass is 16.6. The lowest BCUT2D eigenvalue weighted by molar-refractivity contribution is 0.124. The molecule has 2 fully saturated rings. The van der Waals surface area contributed by atoms with Gasteiger partial charge in [-0.15, -0.1) is 0 Å². The molecule has 2 nitrogen and oxygen atoms in total. The number of nitrogens with zero attached hydrogens (tertiary/aromatic N) is 1. The number of hydrogen-bond donors (Lipinski definition) is 0. The SMILES string of the molecule is CC12CCC(C/C1=N\OCc1cccc3ccccc13)C2(C)C. The molecule has 0 radical (unpaired) electrons. The average Bonchev–Trinajstić information content (AvgIpc) is 2.88. The Morgan fingerprint density at radius 1 is 1.09 bits per heavy atom. The number of benzene rings is 2. The van der Waals surface area contributed by atoms with E-state index in [1.807, 2.05) is 0 Å². The molecule has 0 aromatic heterocycles. The number of fused-ring (bicyclic) bond motifs is 3. The Morgan fingerprint density at radius 3 is 2.61 bits per heavy atom. The van der Waals surface area contributed by atoms with Crippen molar-refractivity contribution in [1.82, 2.24) is 0 Å². The fourth-order valence-corrected chi connectivity index (χ4v) is 4.66. The zero-order valence-corrected chi connectivity index (χ0v) is 14.3. The first-order chi connectivity index (χ1) is 11.0. The van der Waals surface area contributed by atoms with Crippen LogP contribution >= 0.6 is 0 Å². The van der Waals surface area contributed by atoms with E-state index in [1.165, 1.54) is 34.9 Å². The second-order valence-electron chi connectivity index (χ2n) is 7.94. The van der Waals surface area contributed by atoms with E-state index in [4.69, 9.17) is 4.84 Å². The molecule has 2 heteroatoms. The van der Waals surface area contributed by atoms with Gasteiger partial charge in [-0.05, 0) is 46.9 Å². The number of oxime groups is 1. The molecule has 0 aliphatic heterocycles. The van der Waals surface area contributed by atoms with E-state index >= 15 is 0 Å². The third-order valence-electron chi connectivity index (χ3n) is 6.79. The Morgan fingerprint density at radius 2 is 1.87 bits per heavy atom. The minimum Gasteiger partial charge on any atom is -0.391 e. The van der Waals surface area contributed by atoms with Gasteiger partial charge < -0.3 is 4.84 Å². The van der Waals surface area contributed by atoms with Gasteiger partial charge >= 0.3 is 0 Å². The lowest BCUT2D eigenvalue weighted by atomic mass is 9.70. The van der Waals surface area contributed by atoms with Crippen molar-refractivity contribution in [1.29, 1.82) is 0 Å². The molecule has 2 aromatic carbocycles. The maximum absolute atomic E-state index is 5.81. The van der Waals surface area contributed by atoms with Crippen LogP contribution in [0.15, 0.2) is 47.6 Å². The van der Waals surface area contributed by atoms with E-state index in [2.05, 4.69) is 68.4 Å². The molecule has 0 N–H and O–H groups in total. The van der Waals surface area contributed by atoms with E-state index in [1.54, 1.807) is 0 Å². The second kappa shape index (κ2) is 5.09. The molecule has 2 saturated carbocycles. The Bertz CT molecular complexity index is 771. The molecule has 2 atom stereocenters. The zero-order chi connectivity index (χ0) is 16.1. The van der Waals surface area contributed by atoms with Crippen molar-refractivity contribution in [2.24, 2.45) is 21.9 Å². The van der Waals surface area contributed by atoms with E-state index in [-0.39, 0.29) is 5.41 Å². The molecular formula is C21H25NO. The van der Waals surface area contributed by atoms with Gasteiger partial charge in [-0.3, -0.25) is 0 Å². The van der Waals surface area contributed by atoms with Crippen molar-refractivity contribution in [2.75, 3.05) is 0 Å². The quantitative estimate of drug-likeness (QED) is 0.680. The Balaban J connectivity index is 1.54. The highest BCUT2D eigenvalue weighted by molar-refractivity contribution is 5.94. The molecule has 0 amide bonds. The van der Waals surface area contributed by atoms with Crippen LogP contribution in [0, 0.1) is 16.7 Å². The van der Waals surface area contributed by atoms with Crippen LogP contribution < -0.4 is 0 Å². The summed E-state index contributed by atoms with van der Waals surface area (Å²) in [6.07, 6.45) is 3.70. The third-order valence-corrected chi connectivity index (χ3v) is 6.79. The molecule has 2 unspecified atom stereocenters.